The molecule has 0 aromatic heterocycles. The van der Waals surface area contributed by atoms with E-state index in [1.807, 2.05) is 0 Å². The molecule has 0 aromatic carbocycles. The smallest absolute Gasteiger partial charge is 0.309 e. The van der Waals surface area contributed by atoms with Crippen molar-refractivity contribution in [1.82, 2.24) is 4.90 Å². The van der Waals surface area contributed by atoms with Gasteiger partial charge >= 0.3 is 5.97 Å². The van der Waals surface area contributed by atoms with Crippen LogP contribution in [-0.4, -0.2) is 35.6 Å². The summed E-state index contributed by atoms with van der Waals surface area (Å²) in [6.07, 6.45) is 4.45. The van der Waals surface area contributed by atoms with Gasteiger partial charge in [-0.15, -0.1) is 0 Å². The first kappa shape index (κ1) is 13.5. The number of nitrogens with zero attached hydrogens (tertiary/aromatic N) is 1. The second kappa shape index (κ2) is 5.17. The maximum atomic E-state index is 10.9. The summed E-state index contributed by atoms with van der Waals surface area (Å²) in [7, 11) is 2.15. The van der Waals surface area contributed by atoms with Crippen LogP contribution in [0.1, 0.15) is 46.5 Å². The highest BCUT2D eigenvalue weighted by Crippen LogP contribution is 2.34. The van der Waals surface area contributed by atoms with Crippen LogP contribution in [-0.2, 0) is 4.79 Å². The van der Waals surface area contributed by atoms with Crippen LogP contribution >= 0.6 is 0 Å². The van der Waals surface area contributed by atoms with E-state index in [4.69, 9.17) is 5.11 Å². The Morgan fingerprint density at radius 1 is 1.50 bits per heavy atom. The van der Waals surface area contributed by atoms with Gasteiger partial charge < -0.3 is 10.0 Å². The Bertz CT molecular complexity index is 246. The van der Waals surface area contributed by atoms with Crippen molar-refractivity contribution < 1.29 is 9.90 Å². The normalized spacial score (nSPS) is 18.8. The molecule has 1 aliphatic carbocycles. The van der Waals surface area contributed by atoms with E-state index >= 15 is 0 Å². The number of rotatable bonds is 7. The average Bonchev–Trinajstić information content (AvgIpc) is 2.99. The fraction of sp³-hybridized carbons (Fsp3) is 0.923. The largest absolute Gasteiger partial charge is 0.481 e. The second-order valence-electron chi connectivity index (χ2n) is 5.85. The average molecular weight is 227 g/mol. The van der Waals surface area contributed by atoms with E-state index < -0.39 is 11.4 Å². The zero-order valence-electron chi connectivity index (χ0n) is 11.0. The number of hydrogen-bond donors (Lipinski definition) is 1. The van der Waals surface area contributed by atoms with Crippen LogP contribution < -0.4 is 0 Å². The van der Waals surface area contributed by atoms with Crippen molar-refractivity contribution >= 4 is 5.97 Å². The van der Waals surface area contributed by atoms with Crippen molar-refractivity contribution in [3.05, 3.63) is 0 Å². The maximum absolute atomic E-state index is 10.9. The van der Waals surface area contributed by atoms with Gasteiger partial charge in [0, 0.05) is 6.04 Å². The molecule has 3 heteroatoms. The van der Waals surface area contributed by atoms with Gasteiger partial charge in [0.2, 0.25) is 0 Å². The lowest BCUT2D eigenvalue weighted by Crippen LogP contribution is -2.33. The number of hydrogen-bond acceptors (Lipinski definition) is 2. The van der Waals surface area contributed by atoms with Gasteiger partial charge in [0.1, 0.15) is 0 Å². The zero-order chi connectivity index (χ0) is 12.3. The molecule has 1 rings (SSSR count). The molecule has 94 valence electrons. The lowest BCUT2D eigenvalue weighted by atomic mass is 9.88. The van der Waals surface area contributed by atoms with Gasteiger partial charge in [-0.05, 0) is 66.0 Å². The fourth-order valence-electron chi connectivity index (χ4n) is 2.02. The third-order valence-electron chi connectivity index (χ3n) is 3.89. The highest BCUT2D eigenvalue weighted by molar-refractivity contribution is 5.73. The molecule has 0 heterocycles. The van der Waals surface area contributed by atoms with E-state index in [1.165, 1.54) is 12.8 Å². The molecule has 0 aliphatic heterocycles. The molecule has 0 saturated heterocycles. The molecule has 1 aliphatic rings. The Hall–Kier alpha value is -0.570. The number of carboxylic acids is 1. The highest BCUT2D eigenvalue weighted by atomic mass is 16.4. The molecular formula is C13H25NO2. The van der Waals surface area contributed by atoms with Crippen LogP contribution in [0.4, 0.5) is 0 Å². The molecule has 1 fully saturated rings. The van der Waals surface area contributed by atoms with E-state index in [2.05, 4.69) is 18.9 Å². The van der Waals surface area contributed by atoms with Crippen molar-refractivity contribution in [2.45, 2.75) is 52.5 Å². The zero-order valence-corrected chi connectivity index (χ0v) is 11.0. The van der Waals surface area contributed by atoms with Crippen molar-refractivity contribution in [2.75, 3.05) is 13.6 Å². The fourth-order valence-corrected chi connectivity index (χ4v) is 2.02. The van der Waals surface area contributed by atoms with Crippen LogP contribution in [0.25, 0.3) is 0 Å². The van der Waals surface area contributed by atoms with Gasteiger partial charge in [0.15, 0.2) is 0 Å². The molecule has 0 bridgehead atoms. The molecule has 0 amide bonds. The quantitative estimate of drug-likeness (QED) is 0.727. The van der Waals surface area contributed by atoms with E-state index in [9.17, 15) is 4.79 Å². The maximum Gasteiger partial charge on any atom is 0.309 e. The van der Waals surface area contributed by atoms with Crippen LogP contribution in [0.3, 0.4) is 0 Å². The molecular weight excluding hydrogens is 202 g/mol. The monoisotopic (exact) mass is 227 g/mol. The topological polar surface area (TPSA) is 40.5 Å². The van der Waals surface area contributed by atoms with Crippen LogP contribution in [0, 0.1) is 11.3 Å². The summed E-state index contributed by atoms with van der Waals surface area (Å²) in [5.74, 6) is 0.197. The predicted octanol–water partition coefficient (Wildman–Crippen LogP) is 2.61. The molecule has 16 heavy (non-hydrogen) atoms. The number of aliphatic carboxylic acids is 1. The summed E-state index contributed by atoms with van der Waals surface area (Å²) in [6.45, 7) is 6.90. The number of carboxylic acid groups (broad SMARTS) is 1. The van der Waals surface area contributed by atoms with Crippen molar-refractivity contribution in [3.8, 4) is 0 Å². The van der Waals surface area contributed by atoms with E-state index in [1.54, 1.807) is 13.8 Å². The highest BCUT2D eigenvalue weighted by Gasteiger charge is 2.31. The Balaban J connectivity index is 2.21. The molecule has 1 N–H and O–H groups in total. The molecule has 1 unspecified atom stereocenters. The van der Waals surface area contributed by atoms with Crippen LogP contribution in [0.2, 0.25) is 0 Å². The first-order valence-electron chi connectivity index (χ1n) is 6.28. The summed E-state index contributed by atoms with van der Waals surface area (Å²) in [4.78, 5) is 13.3. The summed E-state index contributed by atoms with van der Waals surface area (Å²) in [6, 6.07) is 0.660. The first-order valence-corrected chi connectivity index (χ1v) is 6.28. The minimum Gasteiger partial charge on any atom is -0.481 e. The van der Waals surface area contributed by atoms with Crippen molar-refractivity contribution in [3.63, 3.8) is 0 Å². The van der Waals surface area contributed by atoms with Crippen LogP contribution in [0.15, 0.2) is 0 Å². The van der Waals surface area contributed by atoms with Gasteiger partial charge in [-0.1, -0.05) is 0 Å². The SMILES string of the molecule is CC(C1CC1)N(C)CCCC(C)(C)C(=O)O. The first-order chi connectivity index (χ1) is 7.34. The van der Waals surface area contributed by atoms with Gasteiger partial charge in [0.05, 0.1) is 5.41 Å². The Morgan fingerprint density at radius 2 is 2.06 bits per heavy atom. The van der Waals surface area contributed by atoms with Gasteiger partial charge in [-0.25, -0.2) is 0 Å². The summed E-state index contributed by atoms with van der Waals surface area (Å²) < 4.78 is 0. The van der Waals surface area contributed by atoms with E-state index in [0.29, 0.717) is 6.04 Å². The van der Waals surface area contributed by atoms with Crippen molar-refractivity contribution in [1.29, 1.82) is 0 Å². The van der Waals surface area contributed by atoms with Gasteiger partial charge in [-0.3, -0.25) is 4.79 Å². The Morgan fingerprint density at radius 3 is 2.50 bits per heavy atom. The lowest BCUT2D eigenvalue weighted by molar-refractivity contribution is -0.147. The van der Waals surface area contributed by atoms with Gasteiger partial charge in [-0.2, -0.15) is 0 Å². The molecule has 0 aromatic rings. The Labute approximate surface area is 98.8 Å². The lowest BCUT2D eigenvalue weighted by Gasteiger charge is -2.26. The molecule has 1 saturated carbocycles. The number of carbonyl (C=O) groups is 1. The summed E-state index contributed by atoms with van der Waals surface area (Å²) >= 11 is 0. The van der Waals surface area contributed by atoms with Gasteiger partial charge in [0.25, 0.3) is 0 Å². The minimum atomic E-state index is -0.689. The molecule has 1 atom stereocenters. The van der Waals surface area contributed by atoms with Crippen molar-refractivity contribution in [2.24, 2.45) is 11.3 Å². The third-order valence-corrected chi connectivity index (χ3v) is 3.89. The summed E-state index contributed by atoms with van der Waals surface area (Å²) in [5, 5.41) is 9.00. The standard InChI is InChI=1S/C13H25NO2/c1-10(11-6-7-11)14(4)9-5-8-13(2,3)12(15)16/h10-11H,5-9H2,1-4H3,(H,15,16). The third kappa shape index (κ3) is 3.78. The van der Waals surface area contributed by atoms with E-state index in [0.717, 1.165) is 25.3 Å². The molecule has 0 radical (unpaired) electrons. The molecule has 0 spiro atoms. The Kier molecular flexibility index (Phi) is 4.36. The van der Waals surface area contributed by atoms with Crippen LogP contribution in [0.5, 0.6) is 0 Å². The summed E-state index contributed by atoms with van der Waals surface area (Å²) in [5.41, 5.74) is -0.580. The van der Waals surface area contributed by atoms with E-state index in [-0.39, 0.29) is 0 Å². The second-order valence-corrected chi connectivity index (χ2v) is 5.85. The predicted molar refractivity (Wildman–Crippen MR) is 65.5 cm³/mol. The molecule has 3 nitrogen and oxygen atoms in total. The minimum absolute atomic E-state index is 0.580.